The number of carbonyl (C=O) groups excluding carboxylic acids is 1. The lowest BCUT2D eigenvalue weighted by atomic mass is 9.90. The van der Waals surface area contributed by atoms with Crippen LogP contribution in [0.3, 0.4) is 0 Å². The van der Waals surface area contributed by atoms with Crippen molar-refractivity contribution in [2.75, 3.05) is 32.1 Å². The van der Waals surface area contributed by atoms with Crippen LogP contribution in [0.2, 0.25) is 0 Å². The highest BCUT2D eigenvalue weighted by molar-refractivity contribution is 5.86. The maximum atomic E-state index is 12.2. The highest BCUT2D eigenvalue weighted by atomic mass is 16.5. The van der Waals surface area contributed by atoms with Crippen LogP contribution in [0, 0.1) is 0 Å². The van der Waals surface area contributed by atoms with Crippen LogP contribution < -0.4 is 10.4 Å². The van der Waals surface area contributed by atoms with Crippen LogP contribution in [0.4, 0.5) is 5.69 Å². The fourth-order valence-corrected chi connectivity index (χ4v) is 3.48. The van der Waals surface area contributed by atoms with Crippen molar-refractivity contribution in [3.8, 4) is 0 Å². The van der Waals surface area contributed by atoms with Gasteiger partial charge in [-0.3, -0.25) is 10.0 Å². The lowest BCUT2D eigenvalue weighted by molar-refractivity contribution is -0.129. The second-order valence-corrected chi connectivity index (χ2v) is 6.76. The number of hydrogen-bond donors (Lipinski definition) is 2. The molecule has 1 saturated heterocycles. The van der Waals surface area contributed by atoms with E-state index in [9.17, 15) is 4.79 Å². The Morgan fingerprint density at radius 2 is 1.76 bits per heavy atom. The molecule has 3 rings (SSSR count). The van der Waals surface area contributed by atoms with Gasteiger partial charge < -0.3 is 9.80 Å². The Bertz CT molecular complexity index is 701. The molecular weight excluding hydrogens is 314 g/mol. The predicted molar refractivity (Wildman–Crippen MR) is 99.0 cm³/mol. The highest BCUT2D eigenvalue weighted by Gasteiger charge is 2.25. The number of hydrogen-bond acceptors (Lipinski definition) is 4. The molecule has 132 valence electrons. The monoisotopic (exact) mass is 339 g/mol. The summed E-state index contributed by atoms with van der Waals surface area (Å²) < 4.78 is 0. The Morgan fingerprint density at radius 3 is 2.32 bits per heavy atom. The van der Waals surface area contributed by atoms with E-state index in [1.165, 1.54) is 5.69 Å². The second kappa shape index (κ2) is 7.68. The molecular formula is C20H25N3O2. The third-order valence-electron chi connectivity index (χ3n) is 4.99. The van der Waals surface area contributed by atoms with Crippen molar-refractivity contribution in [1.82, 2.24) is 10.4 Å². The largest absolute Gasteiger partial charge is 0.370 e. The molecule has 1 amide bonds. The molecule has 1 heterocycles. The van der Waals surface area contributed by atoms with E-state index in [1.54, 1.807) is 5.48 Å². The fraction of sp³-hybridized carbons (Fsp3) is 0.350. The van der Waals surface area contributed by atoms with Crippen molar-refractivity contribution in [2.45, 2.75) is 18.4 Å². The number of nitrogens with zero attached hydrogens (tertiary/aromatic N) is 2. The van der Waals surface area contributed by atoms with Gasteiger partial charge in [-0.2, -0.15) is 0 Å². The van der Waals surface area contributed by atoms with Crippen molar-refractivity contribution in [3.63, 3.8) is 0 Å². The molecule has 0 aromatic heterocycles. The maximum Gasteiger partial charge on any atom is 0.255 e. The summed E-state index contributed by atoms with van der Waals surface area (Å²) in [6.07, 6.45) is 1.16. The van der Waals surface area contributed by atoms with Gasteiger partial charge in [-0.25, -0.2) is 5.48 Å². The summed E-state index contributed by atoms with van der Waals surface area (Å²) in [5, 5.41) is 9.12. The van der Waals surface area contributed by atoms with Crippen molar-refractivity contribution in [3.05, 3.63) is 65.7 Å². The zero-order valence-electron chi connectivity index (χ0n) is 14.7. The maximum absolute atomic E-state index is 12.2. The number of benzene rings is 2. The molecule has 5 heteroatoms. The molecule has 2 N–H and O–H groups in total. The first-order valence-corrected chi connectivity index (χ1v) is 8.60. The standard InChI is InChI=1S/C20H25N3O2/c1-22(2)18-12-13-23(14-18)17-10-8-16(9-11-17)19(20(24)21-25)15-6-4-3-5-7-15/h3-11,18-19,25H,12-14H2,1-2H3,(H,21,24). The number of carbonyl (C=O) groups is 1. The van der Waals surface area contributed by atoms with Gasteiger partial charge in [-0.1, -0.05) is 42.5 Å². The third kappa shape index (κ3) is 3.83. The van der Waals surface area contributed by atoms with Crippen LogP contribution in [0.25, 0.3) is 0 Å². The molecule has 25 heavy (non-hydrogen) atoms. The Labute approximate surface area is 148 Å². The van der Waals surface area contributed by atoms with Crippen molar-refractivity contribution < 1.29 is 10.0 Å². The molecule has 0 radical (unpaired) electrons. The molecule has 0 saturated carbocycles. The van der Waals surface area contributed by atoms with Crippen molar-refractivity contribution >= 4 is 11.6 Å². The van der Waals surface area contributed by atoms with Gasteiger partial charge >= 0.3 is 0 Å². The van der Waals surface area contributed by atoms with E-state index in [0.29, 0.717) is 6.04 Å². The van der Waals surface area contributed by atoms with E-state index in [4.69, 9.17) is 5.21 Å². The molecule has 2 aromatic rings. The van der Waals surface area contributed by atoms with Gasteiger partial charge in [-0.15, -0.1) is 0 Å². The van der Waals surface area contributed by atoms with E-state index in [-0.39, 0.29) is 0 Å². The minimum absolute atomic E-state index is 0.423. The molecule has 2 atom stereocenters. The first kappa shape index (κ1) is 17.5. The van der Waals surface area contributed by atoms with Gasteiger partial charge in [0.05, 0.1) is 5.92 Å². The van der Waals surface area contributed by atoms with E-state index < -0.39 is 11.8 Å². The molecule has 5 nitrogen and oxygen atoms in total. The minimum Gasteiger partial charge on any atom is -0.370 e. The minimum atomic E-state index is -0.520. The van der Waals surface area contributed by atoms with Crippen LogP contribution in [-0.4, -0.2) is 49.2 Å². The first-order valence-electron chi connectivity index (χ1n) is 8.60. The molecule has 0 aliphatic carbocycles. The number of amides is 1. The van der Waals surface area contributed by atoms with E-state index in [2.05, 4.69) is 36.0 Å². The molecule has 1 aliphatic rings. The topological polar surface area (TPSA) is 55.8 Å². The predicted octanol–water partition coefficient (Wildman–Crippen LogP) is 2.46. The lowest BCUT2D eigenvalue weighted by Gasteiger charge is -2.22. The third-order valence-corrected chi connectivity index (χ3v) is 4.99. The van der Waals surface area contributed by atoms with Gasteiger partial charge in [0.15, 0.2) is 0 Å². The summed E-state index contributed by atoms with van der Waals surface area (Å²) in [4.78, 5) is 16.8. The van der Waals surface area contributed by atoms with Gasteiger partial charge in [0.2, 0.25) is 0 Å². The van der Waals surface area contributed by atoms with Crippen LogP contribution >= 0.6 is 0 Å². The summed E-state index contributed by atoms with van der Waals surface area (Å²) >= 11 is 0. The first-order chi connectivity index (χ1) is 12.1. The van der Waals surface area contributed by atoms with E-state index >= 15 is 0 Å². The van der Waals surface area contributed by atoms with E-state index in [1.807, 2.05) is 42.5 Å². The fourth-order valence-electron chi connectivity index (χ4n) is 3.48. The summed E-state index contributed by atoms with van der Waals surface area (Å²) in [6, 6.07) is 18.2. The second-order valence-electron chi connectivity index (χ2n) is 6.76. The molecule has 1 fully saturated rings. The smallest absolute Gasteiger partial charge is 0.255 e. The Balaban J connectivity index is 1.81. The van der Waals surface area contributed by atoms with E-state index in [0.717, 1.165) is 30.6 Å². The molecule has 0 bridgehead atoms. The Hall–Kier alpha value is -2.37. The average molecular weight is 339 g/mol. The quantitative estimate of drug-likeness (QED) is 0.649. The molecule has 2 aromatic carbocycles. The number of likely N-dealkylation sites (N-methyl/N-ethyl adjacent to an activating group) is 1. The van der Waals surface area contributed by atoms with Crippen LogP contribution in [-0.2, 0) is 4.79 Å². The summed E-state index contributed by atoms with van der Waals surface area (Å²) in [5.41, 5.74) is 4.69. The molecule has 1 aliphatic heterocycles. The zero-order valence-corrected chi connectivity index (χ0v) is 14.7. The van der Waals surface area contributed by atoms with Gasteiger partial charge in [0.1, 0.15) is 0 Å². The van der Waals surface area contributed by atoms with Crippen LogP contribution in [0.5, 0.6) is 0 Å². The van der Waals surface area contributed by atoms with Crippen LogP contribution in [0.1, 0.15) is 23.5 Å². The average Bonchev–Trinajstić information content (AvgIpc) is 3.14. The zero-order chi connectivity index (χ0) is 17.8. The molecule has 2 unspecified atom stereocenters. The Morgan fingerprint density at radius 1 is 1.12 bits per heavy atom. The SMILES string of the molecule is CN(C)C1CCN(c2ccc(C(C(=O)NO)c3ccccc3)cc2)C1. The Kier molecular flexibility index (Phi) is 5.36. The van der Waals surface area contributed by atoms with Gasteiger partial charge in [-0.05, 0) is 43.8 Å². The lowest BCUT2D eigenvalue weighted by Crippen LogP contribution is -2.31. The van der Waals surface area contributed by atoms with Gasteiger partial charge in [0, 0.05) is 24.8 Å². The summed E-state index contributed by atoms with van der Waals surface area (Å²) in [6.45, 7) is 2.06. The normalized spacial score (nSPS) is 18.4. The highest BCUT2D eigenvalue weighted by Crippen LogP contribution is 2.28. The van der Waals surface area contributed by atoms with Gasteiger partial charge in [0.25, 0.3) is 5.91 Å². The summed E-state index contributed by atoms with van der Waals surface area (Å²) in [7, 11) is 4.24. The summed E-state index contributed by atoms with van der Waals surface area (Å²) in [5.74, 6) is -0.943. The van der Waals surface area contributed by atoms with Crippen molar-refractivity contribution in [1.29, 1.82) is 0 Å². The van der Waals surface area contributed by atoms with Crippen molar-refractivity contribution in [2.24, 2.45) is 0 Å². The number of anilines is 1. The molecule has 0 spiro atoms. The van der Waals surface area contributed by atoms with Crippen LogP contribution in [0.15, 0.2) is 54.6 Å². The number of hydroxylamine groups is 1. The number of rotatable bonds is 5. The number of nitrogens with one attached hydrogen (secondary N) is 1.